The molecule has 2 aromatic heterocycles. The second-order valence-electron chi connectivity index (χ2n) is 2.56. The van der Waals surface area contributed by atoms with E-state index in [1.807, 2.05) is 0 Å². The molecule has 0 spiro atoms. The van der Waals surface area contributed by atoms with Crippen LogP contribution >= 0.6 is 11.6 Å². The number of hydrogen-bond donors (Lipinski definition) is 1. The third-order valence-corrected chi connectivity index (χ3v) is 1.75. The maximum absolute atomic E-state index is 11.4. The molecule has 2 rings (SSSR count). The van der Waals surface area contributed by atoms with Crippen molar-refractivity contribution in [2.75, 3.05) is 5.32 Å². The highest BCUT2D eigenvalue weighted by molar-refractivity contribution is 6.29. The average Bonchev–Trinajstić information content (AvgIpc) is 2.70. The molecule has 2 aromatic rings. The van der Waals surface area contributed by atoms with E-state index in [0.29, 0.717) is 5.82 Å². The van der Waals surface area contributed by atoms with Crippen LogP contribution in [0.5, 0.6) is 0 Å². The molecule has 0 atom stereocenters. The van der Waals surface area contributed by atoms with Crippen molar-refractivity contribution in [1.29, 1.82) is 0 Å². The lowest BCUT2D eigenvalue weighted by molar-refractivity contribution is 0.101. The maximum Gasteiger partial charge on any atom is 0.278 e. The van der Waals surface area contributed by atoms with E-state index >= 15 is 0 Å². The fourth-order valence-electron chi connectivity index (χ4n) is 0.912. The van der Waals surface area contributed by atoms with Gasteiger partial charge in [-0.3, -0.25) is 4.79 Å². The van der Waals surface area contributed by atoms with Gasteiger partial charge in [0.1, 0.15) is 23.6 Å². The van der Waals surface area contributed by atoms with Gasteiger partial charge in [-0.15, -0.1) is 0 Å². The first-order valence-corrected chi connectivity index (χ1v) is 4.33. The first kappa shape index (κ1) is 9.60. The predicted octanol–water partition coefficient (Wildman–Crippen LogP) is 1.37. The summed E-state index contributed by atoms with van der Waals surface area (Å²) in [6.07, 6.45) is 2.56. The Morgan fingerprint density at radius 2 is 2.33 bits per heavy atom. The first-order chi connectivity index (χ1) is 7.25. The minimum Gasteiger partial charge on any atom is -0.364 e. The van der Waals surface area contributed by atoms with E-state index in [0.717, 1.165) is 0 Å². The Hall–Kier alpha value is -1.95. The predicted molar refractivity (Wildman–Crippen MR) is 51.5 cm³/mol. The summed E-state index contributed by atoms with van der Waals surface area (Å²) in [5, 5.41) is 6.21. The van der Waals surface area contributed by atoms with E-state index in [-0.39, 0.29) is 10.8 Å². The lowest BCUT2D eigenvalue weighted by Gasteiger charge is -2.00. The third-order valence-electron chi connectivity index (χ3n) is 1.55. The van der Waals surface area contributed by atoms with Crippen LogP contribution in [0.2, 0.25) is 5.15 Å². The van der Waals surface area contributed by atoms with Crippen LogP contribution in [0.4, 0.5) is 5.82 Å². The van der Waals surface area contributed by atoms with Crippen molar-refractivity contribution >= 4 is 23.3 Å². The largest absolute Gasteiger partial charge is 0.364 e. The fraction of sp³-hybridized carbons (Fsp3) is 0. The lowest BCUT2D eigenvalue weighted by atomic mass is 10.4. The van der Waals surface area contributed by atoms with Crippen molar-refractivity contribution < 1.29 is 9.32 Å². The van der Waals surface area contributed by atoms with Crippen molar-refractivity contribution in [2.24, 2.45) is 0 Å². The molecule has 0 bridgehead atoms. The summed E-state index contributed by atoms with van der Waals surface area (Å²) in [6.45, 7) is 0. The molecule has 1 N–H and O–H groups in total. The molecular weight excluding hydrogens is 220 g/mol. The van der Waals surface area contributed by atoms with E-state index in [9.17, 15) is 4.79 Å². The molecule has 0 radical (unpaired) electrons. The molecule has 76 valence electrons. The molecule has 0 saturated heterocycles. The van der Waals surface area contributed by atoms with Crippen LogP contribution in [0.1, 0.15) is 10.5 Å². The smallest absolute Gasteiger partial charge is 0.278 e. The Morgan fingerprint density at radius 1 is 1.47 bits per heavy atom. The molecule has 2 heterocycles. The summed E-state index contributed by atoms with van der Waals surface area (Å²) in [4.78, 5) is 18.9. The van der Waals surface area contributed by atoms with Crippen LogP contribution < -0.4 is 5.32 Å². The SMILES string of the molecule is O=C(Nc1cc(Cl)ncn1)c1ccon1. The molecule has 0 unspecified atom stereocenters. The van der Waals surface area contributed by atoms with Gasteiger partial charge < -0.3 is 9.84 Å². The number of carbonyl (C=O) groups is 1. The molecule has 0 aliphatic carbocycles. The minimum atomic E-state index is -0.418. The van der Waals surface area contributed by atoms with Crippen LogP contribution in [0.25, 0.3) is 0 Å². The number of hydrogen-bond acceptors (Lipinski definition) is 5. The average molecular weight is 225 g/mol. The van der Waals surface area contributed by atoms with Gasteiger partial charge in [0, 0.05) is 12.1 Å². The van der Waals surface area contributed by atoms with Crippen LogP contribution in [-0.2, 0) is 0 Å². The Kier molecular flexibility index (Phi) is 2.59. The van der Waals surface area contributed by atoms with Crippen molar-refractivity contribution in [3.05, 3.63) is 35.6 Å². The number of rotatable bonds is 2. The molecule has 0 fully saturated rings. The summed E-state index contributed by atoms with van der Waals surface area (Å²) < 4.78 is 4.53. The van der Waals surface area contributed by atoms with Gasteiger partial charge in [-0.05, 0) is 0 Å². The summed E-state index contributed by atoms with van der Waals surface area (Å²) in [6, 6.07) is 2.87. The number of amides is 1. The maximum atomic E-state index is 11.4. The van der Waals surface area contributed by atoms with Gasteiger partial charge in [-0.1, -0.05) is 16.8 Å². The number of anilines is 1. The Balaban J connectivity index is 2.13. The zero-order valence-corrected chi connectivity index (χ0v) is 8.10. The van der Waals surface area contributed by atoms with Gasteiger partial charge in [0.25, 0.3) is 5.91 Å². The standard InChI is InChI=1S/C8H5ClN4O2/c9-6-3-7(11-4-10-6)12-8(14)5-1-2-15-13-5/h1-4H,(H,10,11,12,14). The van der Waals surface area contributed by atoms with Gasteiger partial charge in [0.15, 0.2) is 5.69 Å². The minimum absolute atomic E-state index is 0.171. The van der Waals surface area contributed by atoms with Crippen molar-refractivity contribution in [3.63, 3.8) is 0 Å². The summed E-state index contributed by atoms with van der Waals surface area (Å²) in [5.41, 5.74) is 0.171. The van der Waals surface area contributed by atoms with Crippen molar-refractivity contribution in [2.45, 2.75) is 0 Å². The van der Waals surface area contributed by atoms with Crippen LogP contribution in [0.15, 0.2) is 29.2 Å². The van der Waals surface area contributed by atoms with Gasteiger partial charge in [0.2, 0.25) is 0 Å². The van der Waals surface area contributed by atoms with Gasteiger partial charge in [0.05, 0.1) is 0 Å². The fourth-order valence-corrected chi connectivity index (χ4v) is 1.06. The number of carbonyl (C=O) groups excluding carboxylic acids is 1. The molecule has 0 aromatic carbocycles. The third kappa shape index (κ3) is 2.29. The van der Waals surface area contributed by atoms with Gasteiger partial charge >= 0.3 is 0 Å². The van der Waals surface area contributed by atoms with Crippen LogP contribution in [0, 0.1) is 0 Å². The van der Waals surface area contributed by atoms with Crippen molar-refractivity contribution in [1.82, 2.24) is 15.1 Å². The highest BCUT2D eigenvalue weighted by Crippen LogP contribution is 2.09. The quantitative estimate of drug-likeness (QED) is 0.780. The Labute approximate surface area is 89.3 Å². The van der Waals surface area contributed by atoms with Crippen molar-refractivity contribution in [3.8, 4) is 0 Å². The molecule has 0 saturated carbocycles. The van der Waals surface area contributed by atoms with E-state index in [1.165, 1.54) is 24.7 Å². The second-order valence-corrected chi connectivity index (χ2v) is 2.95. The van der Waals surface area contributed by atoms with E-state index < -0.39 is 5.91 Å². The first-order valence-electron chi connectivity index (χ1n) is 3.95. The van der Waals surface area contributed by atoms with Gasteiger partial charge in [-0.25, -0.2) is 9.97 Å². The molecule has 7 heteroatoms. The molecule has 0 aliphatic heterocycles. The second kappa shape index (κ2) is 4.05. The highest BCUT2D eigenvalue weighted by Gasteiger charge is 2.09. The highest BCUT2D eigenvalue weighted by atomic mass is 35.5. The van der Waals surface area contributed by atoms with Crippen LogP contribution in [0.3, 0.4) is 0 Å². The summed E-state index contributed by atoms with van der Waals surface area (Å²) in [5.74, 6) is -0.110. The molecular formula is C8H5ClN4O2. The Bertz CT molecular complexity index is 471. The zero-order valence-electron chi connectivity index (χ0n) is 7.35. The normalized spacial score (nSPS) is 9.93. The lowest BCUT2D eigenvalue weighted by Crippen LogP contribution is -2.13. The van der Waals surface area contributed by atoms with Crippen LogP contribution in [-0.4, -0.2) is 21.0 Å². The molecule has 15 heavy (non-hydrogen) atoms. The zero-order chi connectivity index (χ0) is 10.7. The number of halogens is 1. The molecule has 1 amide bonds. The number of nitrogens with one attached hydrogen (secondary N) is 1. The van der Waals surface area contributed by atoms with E-state index in [4.69, 9.17) is 11.6 Å². The topological polar surface area (TPSA) is 80.9 Å². The van der Waals surface area contributed by atoms with Gasteiger partial charge in [-0.2, -0.15) is 0 Å². The summed E-state index contributed by atoms with van der Waals surface area (Å²) in [7, 11) is 0. The van der Waals surface area contributed by atoms with E-state index in [2.05, 4.69) is 25.0 Å². The van der Waals surface area contributed by atoms with E-state index in [1.54, 1.807) is 0 Å². The molecule has 0 aliphatic rings. The monoisotopic (exact) mass is 224 g/mol. The molecule has 6 nitrogen and oxygen atoms in total. The number of aromatic nitrogens is 3. The number of nitrogens with zero attached hydrogens (tertiary/aromatic N) is 3. The Morgan fingerprint density at radius 3 is 3.00 bits per heavy atom. The summed E-state index contributed by atoms with van der Waals surface area (Å²) >= 11 is 5.62.